The number of para-hydroxylation sites is 2. The van der Waals surface area contributed by atoms with E-state index in [9.17, 15) is 18.8 Å². The van der Waals surface area contributed by atoms with Gasteiger partial charge >= 0.3 is 6.03 Å². The number of ether oxygens (including phenoxy) is 1. The van der Waals surface area contributed by atoms with Gasteiger partial charge in [-0.3, -0.25) is 14.5 Å². The zero-order valence-corrected chi connectivity index (χ0v) is 17.6. The average Bonchev–Trinajstić information content (AvgIpc) is 2.80. The zero-order valence-electron chi connectivity index (χ0n) is 17.6. The molecular formula is C23H25FN4O4. The topological polar surface area (TPSA) is 91.0 Å². The predicted molar refractivity (Wildman–Crippen MR) is 117 cm³/mol. The summed E-state index contributed by atoms with van der Waals surface area (Å²) in [7, 11) is 0. The Hall–Kier alpha value is -3.62. The Morgan fingerprint density at radius 2 is 2.00 bits per heavy atom. The number of hydrogen-bond donors (Lipinski definition) is 2. The number of fused-ring (bicyclic) bond motifs is 1. The zero-order chi connectivity index (χ0) is 22.5. The van der Waals surface area contributed by atoms with Gasteiger partial charge < -0.3 is 20.3 Å². The number of amides is 4. The van der Waals surface area contributed by atoms with Gasteiger partial charge in [-0.1, -0.05) is 18.2 Å². The van der Waals surface area contributed by atoms with Crippen molar-refractivity contribution in [2.24, 2.45) is 5.92 Å². The normalized spacial score (nSPS) is 17.9. The molecule has 0 aliphatic carbocycles. The molecule has 2 aliphatic heterocycles. The Kier molecular flexibility index (Phi) is 6.53. The maximum atomic E-state index is 13.2. The second kappa shape index (κ2) is 9.67. The first kappa shape index (κ1) is 21.6. The highest BCUT2D eigenvalue weighted by molar-refractivity contribution is 6.02. The van der Waals surface area contributed by atoms with Crippen molar-refractivity contribution in [3.63, 3.8) is 0 Å². The molecule has 2 N–H and O–H groups in total. The number of nitrogens with one attached hydrogen (secondary N) is 2. The summed E-state index contributed by atoms with van der Waals surface area (Å²) in [5.74, 6) is -0.126. The summed E-state index contributed by atoms with van der Waals surface area (Å²) in [6.07, 6.45) is 1.70. The molecule has 0 radical (unpaired) electrons. The summed E-state index contributed by atoms with van der Waals surface area (Å²) in [6, 6.07) is 12.4. The molecule has 8 nitrogen and oxygen atoms in total. The molecule has 32 heavy (non-hydrogen) atoms. The number of piperidine rings is 1. The molecular weight excluding hydrogens is 415 g/mol. The lowest BCUT2D eigenvalue weighted by Gasteiger charge is -2.35. The van der Waals surface area contributed by atoms with Crippen LogP contribution < -0.4 is 20.3 Å². The minimum atomic E-state index is -0.425. The first-order valence-corrected chi connectivity index (χ1v) is 10.6. The van der Waals surface area contributed by atoms with Gasteiger partial charge in [0.2, 0.25) is 5.91 Å². The smallest absolute Gasteiger partial charge is 0.319 e. The minimum Gasteiger partial charge on any atom is -0.482 e. The van der Waals surface area contributed by atoms with E-state index in [0.29, 0.717) is 36.8 Å². The van der Waals surface area contributed by atoms with E-state index in [1.807, 2.05) is 6.07 Å². The van der Waals surface area contributed by atoms with Crippen molar-refractivity contribution in [3.8, 4) is 5.75 Å². The Labute approximate surface area is 185 Å². The Morgan fingerprint density at radius 1 is 1.16 bits per heavy atom. The average molecular weight is 440 g/mol. The number of anilines is 2. The van der Waals surface area contributed by atoms with Crippen molar-refractivity contribution in [2.45, 2.75) is 12.8 Å². The number of likely N-dealkylation sites (tertiary alicyclic amines) is 1. The quantitative estimate of drug-likeness (QED) is 0.748. The second-order valence-electron chi connectivity index (χ2n) is 7.93. The van der Waals surface area contributed by atoms with E-state index in [1.165, 1.54) is 23.1 Å². The molecule has 0 saturated carbocycles. The summed E-state index contributed by atoms with van der Waals surface area (Å²) in [4.78, 5) is 40.6. The number of rotatable bonds is 5. The summed E-state index contributed by atoms with van der Waals surface area (Å²) < 4.78 is 18.7. The fourth-order valence-corrected chi connectivity index (χ4v) is 4.00. The number of hydrogen-bond acceptors (Lipinski definition) is 4. The van der Waals surface area contributed by atoms with Crippen molar-refractivity contribution in [2.75, 3.05) is 43.0 Å². The van der Waals surface area contributed by atoms with Crippen LogP contribution >= 0.6 is 0 Å². The third kappa shape index (κ3) is 5.16. The standard InChI is InChI=1S/C23H25FN4O4/c24-17-6-3-7-18(11-17)26-23(31)25-12-16-5-4-10-27(13-16)21(29)14-28-19-8-1-2-9-20(19)32-15-22(28)30/h1-3,6-9,11,16H,4-5,10,12-15H2,(H2,25,26,31). The van der Waals surface area contributed by atoms with Crippen LogP contribution in [0.4, 0.5) is 20.6 Å². The molecule has 4 amide bonds. The van der Waals surface area contributed by atoms with Gasteiger partial charge in [0, 0.05) is 25.3 Å². The van der Waals surface area contributed by atoms with E-state index < -0.39 is 11.8 Å². The van der Waals surface area contributed by atoms with Crippen LogP contribution in [0.2, 0.25) is 0 Å². The summed E-state index contributed by atoms with van der Waals surface area (Å²) in [5, 5.41) is 5.39. The molecule has 0 aromatic heterocycles. The fourth-order valence-electron chi connectivity index (χ4n) is 4.00. The Bertz CT molecular complexity index is 1010. The highest BCUT2D eigenvalue weighted by Crippen LogP contribution is 2.31. The van der Waals surface area contributed by atoms with Crippen LogP contribution in [0.15, 0.2) is 48.5 Å². The lowest BCUT2D eigenvalue weighted by Crippen LogP contribution is -2.50. The van der Waals surface area contributed by atoms with Gasteiger partial charge in [-0.15, -0.1) is 0 Å². The molecule has 2 aromatic carbocycles. The molecule has 0 bridgehead atoms. The third-order valence-corrected chi connectivity index (χ3v) is 5.61. The maximum Gasteiger partial charge on any atom is 0.319 e. The van der Waals surface area contributed by atoms with Crippen LogP contribution in [-0.2, 0) is 9.59 Å². The van der Waals surface area contributed by atoms with Crippen molar-refractivity contribution >= 4 is 29.2 Å². The van der Waals surface area contributed by atoms with Crippen molar-refractivity contribution in [1.82, 2.24) is 10.2 Å². The van der Waals surface area contributed by atoms with Crippen LogP contribution in [0.3, 0.4) is 0 Å². The van der Waals surface area contributed by atoms with Crippen molar-refractivity contribution < 1.29 is 23.5 Å². The maximum absolute atomic E-state index is 13.2. The van der Waals surface area contributed by atoms with Gasteiger partial charge in [0.1, 0.15) is 18.1 Å². The first-order valence-electron chi connectivity index (χ1n) is 10.6. The van der Waals surface area contributed by atoms with E-state index in [-0.39, 0.29) is 30.9 Å². The molecule has 1 unspecified atom stereocenters. The van der Waals surface area contributed by atoms with Crippen molar-refractivity contribution in [1.29, 1.82) is 0 Å². The van der Waals surface area contributed by atoms with E-state index >= 15 is 0 Å². The number of urea groups is 1. The molecule has 9 heteroatoms. The molecule has 2 heterocycles. The highest BCUT2D eigenvalue weighted by atomic mass is 19.1. The van der Waals surface area contributed by atoms with Gasteiger partial charge in [-0.2, -0.15) is 0 Å². The fraction of sp³-hybridized carbons (Fsp3) is 0.348. The van der Waals surface area contributed by atoms with E-state index in [2.05, 4.69) is 10.6 Å². The summed E-state index contributed by atoms with van der Waals surface area (Å²) in [5.41, 5.74) is 0.972. The van der Waals surface area contributed by atoms with E-state index in [0.717, 1.165) is 12.8 Å². The molecule has 1 fully saturated rings. The molecule has 4 rings (SSSR count). The molecule has 0 spiro atoms. The SMILES string of the molecule is O=C(NCC1CCCN(C(=O)CN2C(=O)COc3ccccc32)C1)Nc1cccc(F)c1. The molecule has 2 aliphatic rings. The molecule has 1 saturated heterocycles. The van der Waals surface area contributed by atoms with Crippen LogP contribution in [0.5, 0.6) is 5.75 Å². The minimum absolute atomic E-state index is 0.0422. The number of carbonyl (C=O) groups excluding carboxylic acids is 3. The largest absolute Gasteiger partial charge is 0.482 e. The predicted octanol–water partition coefficient (Wildman–Crippen LogP) is 2.61. The van der Waals surface area contributed by atoms with Crippen LogP contribution in [0.1, 0.15) is 12.8 Å². The summed E-state index contributed by atoms with van der Waals surface area (Å²) >= 11 is 0. The summed E-state index contributed by atoms with van der Waals surface area (Å²) in [6.45, 7) is 1.38. The Balaban J connectivity index is 1.29. The van der Waals surface area contributed by atoms with Gasteiger partial charge in [0.15, 0.2) is 6.61 Å². The first-order chi connectivity index (χ1) is 15.5. The van der Waals surface area contributed by atoms with Crippen LogP contribution in [-0.4, -0.2) is 55.5 Å². The van der Waals surface area contributed by atoms with Gasteiger partial charge in [-0.05, 0) is 49.1 Å². The lowest BCUT2D eigenvalue weighted by molar-refractivity contribution is -0.133. The van der Waals surface area contributed by atoms with Gasteiger partial charge in [-0.25, -0.2) is 9.18 Å². The molecule has 1 atom stereocenters. The van der Waals surface area contributed by atoms with E-state index in [4.69, 9.17) is 4.74 Å². The number of carbonyl (C=O) groups is 3. The monoisotopic (exact) mass is 440 g/mol. The van der Waals surface area contributed by atoms with Crippen molar-refractivity contribution in [3.05, 3.63) is 54.3 Å². The lowest BCUT2D eigenvalue weighted by atomic mass is 9.98. The van der Waals surface area contributed by atoms with E-state index in [1.54, 1.807) is 29.2 Å². The number of halogens is 1. The second-order valence-corrected chi connectivity index (χ2v) is 7.93. The molecule has 168 valence electrons. The number of benzene rings is 2. The van der Waals surface area contributed by atoms with Crippen LogP contribution in [0, 0.1) is 11.7 Å². The molecule has 2 aromatic rings. The highest BCUT2D eigenvalue weighted by Gasteiger charge is 2.30. The Morgan fingerprint density at radius 3 is 2.84 bits per heavy atom. The number of nitrogens with zero attached hydrogens (tertiary/aromatic N) is 2. The van der Waals surface area contributed by atoms with Crippen LogP contribution in [0.25, 0.3) is 0 Å². The van der Waals surface area contributed by atoms with Gasteiger partial charge in [0.05, 0.1) is 5.69 Å². The third-order valence-electron chi connectivity index (χ3n) is 5.61. The van der Waals surface area contributed by atoms with Gasteiger partial charge in [0.25, 0.3) is 5.91 Å².